The predicted molar refractivity (Wildman–Crippen MR) is 74.6 cm³/mol. The van der Waals surface area contributed by atoms with Gasteiger partial charge in [0.25, 0.3) is 5.91 Å². The van der Waals surface area contributed by atoms with E-state index in [-0.39, 0.29) is 5.91 Å². The summed E-state index contributed by atoms with van der Waals surface area (Å²) in [5.74, 6) is -0.227. The Balaban J connectivity index is 1.88. The average Bonchev–Trinajstić information content (AvgIpc) is 2.86. The summed E-state index contributed by atoms with van der Waals surface area (Å²) in [5, 5.41) is 7.35. The second-order valence-electron chi connectivity index (χ2n) is 4.05. The van der Waals surface area contributed by atoms with Crippen LogP contribution in [0.2, 0.25) is 5.02 Å². The Labute approximate surface area is 114 Å². The topological polar surface area (TPSA) is 46.4 Å². The summed E-state index contributed by atoms with van der Waals surface area (Å²) in [7, 11) is 0. The first kappa shape index (κ1) is 11.7. The fourth-order valence-corrected chi connectivity index (χ4v) is 2.06. The lowest BCUT2D eigenvalue weighted by Crippen LogP contribution is -2.12. The molecule has 0 saturated heterocycles. The van der Waals surface area contributed by atoms with Crippen molar-refractivity contribution in [1.29, 1.82) is 0 Å². The Hall–Kier alpha value is -2.33. The molecule has 4 nitrogen and oxygen atoms in total. The zero-order valence-corrected chi connectivity index (χ0v) is 10.6. The molecule has 1 amide bonds. The molecule has 5 heteroatoms. The minimum atomic E-state index is -0.227. The molecule has 1 N–H and O–H groups in total. The van der Waals surface area contributed by atoms with Crippen LogP contribution >= 0.6 is 11.6 Å². The molecule has 0 fully saturated rings. The smallest absolute Gasteiger partial charge is 0.257 e. The second kappa shape index (κ2) is 4.74. The zero-order valence-electron chi connectivity index (χ0n) is 9.88. The molecule has 19 heavy (non-hydrogen) atoms. The van der Waals surface area contributed by atoms with Crippen LogP contribution in [0.4, 0.5) is 5.69 Å². The number of pyridine rings is 1. The number of amides is 1. The number of carbonyl (C=O) groups excluding carboxylic acids is 1. The molecule has 0 aliphatic rings. The number of nitrogens with one attached hydrogen (secondary N) is 1. The Morgan fingerprint density at radius 2 is 2.05 bits per heavy atom. The van der Waals surface area contributed by atoms with Crippen LogP contribution in [0.3, 0.4) is 0 Å². The summed E-state index contributed by atoms with van der Waals surface area (Å²) in [6.07, 6.45) is 3.49. The first-order valence-corrected chi connectivity index (χ1v) is 6.11. The van der Waals surface area contributed by atoms with E-state index in [4.69, 9.17) is 11.6 Å². The summed E-state index contributed by atoms with van der Waals surface area (Å²) in [5.41, 5.74) is 2.08. The van der Waals surface area contributed by atoms with Gasteiger partial charge in [-0.1, -0.05) is 23.7 Å². The highest BCUT2D eigenvalue weighted by molar-refractivity contribution is 6.34. The summed E-state index contributed by atoms with van der Waals surface area (Å²) >= 11 is 5.99. The molecule has 0 aliphatic heterocycles. The van der Waals surface area contributed by atoms with Crippen LogP contribution < -0.4 is 5.32 Å². The molecule has 0 bridgehead atoms. The highest BCUT2D eigenvalue weighted by Crippen LogP contribution is 2.18. The van der Waals surface area contributed by atoms with Gasteiger partial charge in [-0.15, -0.1) is 0 Å². The van der Waals surface area contributed by atoms with Crippen LogP contribution in [0.25, 0.3) is 5.52 Å². The van der Waals surface area contributed by atoms with E-state index < -0.39 is 0 Å². The quantitative estimate of drug-likeness (QED) is 0.778. The highest BCUT2D eigenvalue weighted by atomic mass is 35.5. The molecule has 0 unspecified atom stereocenters. The van der Waals surface area contributed by atoms with E-state index in [1.54, 1.807) is 47.2 Å². The molecule has 0 aliphatic carbocycles. The van der Waals surface area contributed by atoms with E-state index in [0.29, 0.717) is 16.3 Å². The van der Waals surface area contributed by atoms with Gasteiger partial charge in [0.2, 0.25) is 0 Å². The van der Waals surface area contributed by atoms with E-state index in [1.165, 1.54) is 0 Å². The van der Waals surface area contributed by atoms with Crippen molar-refractivity contribution in [1.82, 2.24) is 9.61 Å². The first-order valence-electron chi connectivity index (χ1n) is 5.73. The maximum absolute atomic E-state index is 12.1. The van der Waals surface area contributed by atoms with E-state index >= 15 is 0 Å². The van der Waals surface area contributed by atoms with Crippen LogP contribution in [-0.4, -0.2) is 15.5 Å². The summed E-state index contributed by atoms with van der Waals surface area (Å²) in [6, 6.07) is 12.5. The maximum atomic E-state index is 12.1. The number of carbonyl (C=O) groups is 1. The van der Waals surface area contributed by atoms with Gasteiger partial charge in [-0.05, 0) is 30.3 Å². The van der Waals surface area contributed by atoms with Gasteiger partial charge in [-0.2, -0.15) is 5.10 Å². The van der Waals surface area contributed by atoms with Crippen molar-refractivity contribution in [3.8, 4) is 0 Å². The Morgan fingerprint density at radius 1 is 1.21 bits per heavy atom. The first-order chi connectivity index (χ1) is 9.24. The third-order valence-electron chi connectivity index (χ3n) is 2.78. The lowest BCUT2D eigenvalue weighted by Gasteiger charge is -2.06. The standard InChI is InChI=1S/C14H10ClN3O/c15-13-4-2-1-3-12(13)14(19)17-10-6-8-18-11(9-10)5-7-16-18/h1-9H,(H,17,19). The van der Waals surface area contributed by atoms with Gasteiger partial charge in [0, 0.05) is 18.1 Å². The molecule has 0 radical (unpaired) electrons. The number of nitrogens with zero attached hydrogens (tertiary/aromatic N) is 2. The molecule has 1 aromatic carbocycles. The number of hydrogen-bond donors (Lipinski definition) is 1. The Bertz CT molecular complexity index is 751. The largest absolute Gasteiger partial charge is 0.322 e. The van der Waals surface area contributed by atoms with E-state index in [2.05, 4.69) is 10.4 Å². The molecule has 3 aromatic rings. The van der Waals surface area contributed by atoms with Gasteiger partial charge >= 0.3 is 0 Å². The number of halogens is 1. The second-order valence-corrected chi connectivity index (χ2v) is 4.46. The van der Waals surface area contributed by atoms with Gasteiger partial charge in [-0.25, -0.2) is 4.52 Å². The number of aromatic nitrogens is 2. The van der Waals surface area contributed by atoms with Crippen molar-refractivity contribution < 1.29 is 4.79 Å². The summed E-state index contributed by atoms with van der Waals surface area (Å²) in [4.78, 5) is 12.1. The number of benzene rings is 1. The molecule has 0 saturated carbocycles. The van der Waals surface area contributed by atoms with Crippen molar-refractivity contribution in [2.45, 2.75) is 0 Å². The van der Waals surface area contributed by atoms with Gasteiger partial charge in [-0.3, -0.25) is 4.79 Å². The van der Waals surface area contributed by atoms with Crippen LogP contribution in [0.5, 0.6) is 0 Å². The minimum absolute atomic E-state index is 0.227. The number of anilines is 1. The summed E-state index contributed by atoms with van der Waals surface area (Å²) in [6.45, 7) is 0. The third kappa shape index (κ3) is 2.30. The molecule has 0 spiro atoms. The number of fused-ring (bicyclic) bond motifs is 1. The molecular weight excluding hydrogens is 262 g/mol. The number of hydrogen-bond acceptors (Lipinski definition) is 2. The van der Waals surface area contributed by atoms with Gasteiger partial charge < -0.3 is 5.32 Å². The van der Waals surface area contributed by atoms with Crippen molar-refractivity contribution in [2.75, 3.05) is 5.32 Å². The average molecular weight is 272 g/mol. The van der Waals surface area contributed by atoms with Crippen molar-refractivity contribution >= 4 is 28.7 Å². The van der Waals surface area contributed by atoms with Gasteiger partial charge in [0.1, 0.15) is 0 Å². The van der Waals surface area contributed by atoms with Crippen molar-refractivity contribution in [3.05, 3.63) is 65.4 Å². The third-order valence-corrected chi connectivity index (χ3v) is 3.11. The normalized spacial score (nSPS) is 10.6. The molecule has 94 valence electrons. The molecular formula is C14H10ClN3O. The van der Waals surface area contributed by atoms with E-state index in [0.717, 1.165) is 5.52 Å². The minimum Gasteiger partial charge on any atom is -0.322 e. The molecule has 3 rings (SSSR count). The Kier molecular flexibility index (Phi) is 2.93. The molecule has 2 aromatic heterocycles. The van der Waals surface area contributed by atoms with Crippen LogP contribution in [0, 0.1) is 0 Å². The van der Waals surface area contributed by atoms with Gasteiger partial charge in [0.15, 0.2) is 0 Å². The SMILES string of the molecule is O=C(Nc1ccn2nccc2c1)c1ccccc1Cl. The highest BCUT2D eigenvalue weighted by Gasteiger charge is 2.09. The van der Waals surface area contributed by atoms with Crippen molar-refractivity contribution in [2.24, 2.45) is 0 Å². The summed E-state index contributed by atoms with van der Waals surface area (Å²) < 4.78 is 1.73. The van der Waals surface area contributed by atoms with Crippen LogP contribution in [0.15, 0.2) is 54.9 Å². The fourth-order valence-electron chi connectivity index (χ4n) is 1.84. The number of rotatable bonds is 2. The Morgan fingerprint density at radius 3 is 2.89 bits per heavy atom. The maximum Gasteiger partial charge on any atom is 0.257 e. The zero-order chi connectivity index (χ0) is 13.2. The fraction of sp³-hybridized carbons (Fsp3) is 0. The van der Waals surface area contributed by atoms with E-state index in [1.807, 2.05) is 12.1 Å². The lowest BCUT2D eigenvalue weighted by atomic mass is 10.2. The van der Waals surface area contributed by atoms with Crippen LogP contribution in [-0.2, 0) is 0 Å². The van der Waals surface area contributed by atoms with Gasteiger partial charge in [0.05, 0.1) is 16.1 Å². The predicted octanol–water partition coefficient (Wildman–Crippen LogP) is 3.24. The van der Waals surface area contributed by atoms with Crippen LogP contribution in [0.1, 0.15) is 10.4 Å². The monoisotopic (exact) mass is 271 g/mol. The lowest BCUT2D eigenvalue weighted by molar-refractivity contribution is 0.102. The molecule has 2 heterocycles. The molecule has 0 atom stereocenters. The van der Waals surface area contributed by atoms with E-state index in [9.17, 15) is 4.79 Å². The van der Waals surface area contributed by atoms with Crippen molar-refractivity contribution in [3.63, 3.8) is 0 Å².